The molecule has 2 aromatic rings. The quantitative estimate of drug-likeness (QED) is 0.507. The fourth-order valence-corrected chi connectivity index (χ4v) is 5.13. The Balaban J connectivity index is 1.66. The molecule has 0 saturated carbocycles. The van der Waals surface area contributed by atoms with Crippen molar-refractivity contribution in [3.63, 3.8) is 0 Å². The number of hydrogen-bond donors (Lipinski definition) is 0. The highest BCUT2D eigenvalue weighted by Gasteiger charge is 2.12. The van der Waals surface area contributed by atoms with E-state index in [4.69, 9.17) is 0 Å². The zero-order valence-corrected chi connectivity index (χ0v) is 14.3. The van der Waals surface area contributed by atoms with Gasteiger partial charge in [0.25, 0.3) is 0 Å². The summed E-state index contributed by atoms with van der Waals surface area (Å²) >= 11 is 0. The third kappa shape index (κ3) is 4.78. The molecule has 1 atom stereocenters. The van der Waals surface area contributed by atoms with Crippen molar-refractivity contribution in [2.45, 2.75) is 12.8 Å². The van der Waals surface area contributed by atoms with Crippen molar-refractivity contribution in [2.75, 3.05) is 6.16 Å². The molecule has 0 bridgehead atoms. The maximum Gasteiger partial charge on any atom is -0.00157 e. The van der Waals surface area contributed by atoms with E-state index in [1.807, 2.05) is 0 Å². The molecule has 3 rings (SSSR count). The standard InChI is InChI=1S/C22H23P/c1-4-12-20(13-5-1)14-10-11-19-23(21-15-6-2-7-16-21)22-17-8-3-9-18-22/h1-10,12,14-18,20H,11,13,19H2/b14-10+. The summed E-state index contributed by atoms with van der Waals surface area (Å²) in [4.78, 5) is 0. The van der Waals surface area contributed by atoms with E-state index in [-0.39, 0.29) is 7.92 Å². The van der Waals surface area contributed by atoms with E-state index in [9.17, 15) is 0 Å². The lowest BCUT2D eigenvalue weighted by molar-refractivity contribution is 0.817. The maximum absolute atomic E-state index is 2.37. The summed E-state index contributed by atoms with van der Waals surface area (Å²) in [6.07, 6.45) is 17.0. The average molecular weight is 318 g/mol. The molecule has 0 spiro atoms. The highest BCUT2D eigenvalue weighted by atomic mass is 31.1. The molecular weight excluding hydrogens is 295 g/mol. The molecule has 2 aromatic carbocycles. The molecule has 0 heterocycles. The van der Waals surface area contributed by atoms with Crippen molar-refractivity contribution in [1.29, 1.82) is 0 Å². The molecule has 1 aliphatic rings. The van der Waals surface area contributed by atoms with Gasteiger partial charge < -0.3 is 0 Å². The summed E-state index contributed by atoms with van der Waals surface area (Å²) in [5.74, 6) is 0.583. The van der Waals surface area contributed by atoms with Gasteiger partial charge in [-0.2, -0.15) is 0 Å². The fourth-order valence-electron chi connectivity index (χ4n) is 2.84. The van der Waals surface area contributed by atoms with Gasteiger partial charge >= 0.3 is 0 Å². The molecular formula is C22H23P. The van der Waals surface area contributed by atoms with E-state index >= 15 is 0 Å². The van der Waals surface area contributed by atoms with Gasteiger partial charge in [-0.1, -0.05) is 97.1 Å². The van der Waals surface area contributed by atoms with Gasteiger partial charge in [0.15, 0.2) is 0 Å². The summed E-state index contributed by atoms with van der Waals surface area (Å²) < 4.78 is 0. The van der Waals surface area contributed by atoms with E-state index in [0.29, 0.717) is 5.92 Å². The summed E-state index contributed by atoms with van der Waals surface area (Å²) in [6.45, 7) is 0. The largest absolute Gasteiger partial charge is 0.0876 e. The predicted octanol–water partition coefficient (Wildman–Crippen LogP) is 5.20. The van der Waals surface area contributed by atoms with Crippen LogP contribution in [-0.4, -0.2) is 6.16 Å². The molecule has 1 aliphatic carbocycles. The number of hydrogen-bond acceptors (Lipinski definition) is 0. The second-order valence-electron chi connectivity index (χ2n) is 5.75. The van der Waals surface area contributed by atoms with Gasteiger partial charge in [0.2, 0.25) is 0 Å². The predicted molar refractivity (Wildman–Crippen MR) is 104 cm³/mol. The van der Waals surface area contributed by atoms with Crippen molar-refractivity contribution < 1.29 is 0 Å². The topological polar surface area (TPSA) is 0 Å². The molecule has 1 unspecified atom stereocenters. The van der Waals surface area contributed by atoms with Crippen LogP contribution in [0, 0.1) is 5.92 Å². The summed E-state index contributed by atoms with van der Waals surface area (Å²) in [6, 6.07) is 21.9. The van der Waals surface area contributed by atoms with Crippen LogP contribution in [0.5, 0.6) is 0 Å². The third-order valence-electron chi connectivity index (χ3n) is 4.05. The van der Waals surface area contributed by atoms with Crippen LogP contribution in [0.2, 0.25) is 0 Å². The van der Waals surface area contributed by atoms with Crippen molar-refractivity contribution in [3.8, 4) is 0 Å². The zero-order valence-electron chi connectivity index (χ0n) is 13.4. The molecule has 0 N–H and O–H groups in total. The second-order valence-corrected chi connectivity index (χ2v) is 8.09. The Morgan fingerprint density at radius 1 is 0.870 bits per heavy atom. The fraction of sp³-hybridized carbons (Fsp3) is 0.182. The monoisotopic (exact) mass is 318 g/mol. The first-order valence-corrected chi connectivity index (χ1v) is 9.84. The van der Waals surface area contributed by atoms with E-state index in [1.54, 1.807) is 0 Å². The van der Waals surface area contributed by atoms with Crippen molar-refractivity contribution in [3.05, 3.63) is 97.1 Å². The first-order valence-electron chi connectivity index (χ1n) is 8.31. The van der Waals surface area contributed by atoms with Crippen LogP contribution in [0.4, 0.5) is 0 Å². The van der Waals surface area contributed by atoms with E-state index < -0.39 is 0 Å². The SMILES string of the molecule is C1=CCC(/C=C/CCP(c2ccccc2)c2ccccc2)C=C1. The molecule has 0 aliphatic heterocycles. The van der Waals surface area contributed by atoms with E-state index in [2.05, 4.69) is 97.1 Å². The van der Waals surface area contributed by atoms with Crippen molar-refractivity contribution in [2.24, 2.45) is 5.92 Å². The number of benzene rings is 2. The zero-order chi connectivity index (χ0) is 15.7. The normalized spacial score (nSPS) is 17.2. The van der Waals surface area contributed by atoms with Gasteiger partial charge in [0.05, 0.1) is 0 Å². The first-order chi connectivity index (χ1) is 11.4. The maximum atomic E-state index is 2.37. The smallest absolute Gasteiger partial charge is 0.00157 e. The van der Waals surface area contributed by atoms with Crippen LogP contribution in [0.25, 0.3) is 0 Å². The summed E-state index contributed by atoms with van der Waals surface area (Å²) in [5.41, 5.74) is 0. The molecule has 0 saturated heterocycles. The van der Waals surface area contributed by atoms with Gasteiger partial charge in [-0.25, -0.2) is 0 Å². The third-order valence-corrected chi connectivity index (χ3v) is 6.60. The molecule has 0 aromatic heterocycles. The van der Waals surface area contributed by atoms with Crippen LogP contribution in [-0.2, 0) is 0 Å². The minimum Gasteiger partial charge on any atom is -0.0876 e. The first kappa shape index (κ1) is 16.0. The minimum absolute atomic E-state index is 0.263. The molecule has 0 amide bonds. The van der Waals surface area contributed by atoms with Gasteiger partial charge in [-0.3, -0.25) is 0 Å². The highest BCUT2D eigenvalue weighted by molar-refractivity contribution is 7.73. The van der Waals surface area contributed by atoms with Crippen LogP contribution < -0.4 is 10.6 Å². The summed E-state index contributed by atoms with van der Waals surface area (Å²) in [7, 11) is -0.263. The lowest BCUT2D eigenvalue weighted by Gasteiger charge is -2.18. The number of allylic oxidation sites excluding steroid dienone is 6. The van der Waals surface area contributed by atoms with Crippen LogP contribution in [0.15, 0.2) is 97.1 Å². The Kier molecular flexibility index (Phi) is 6.01. The van der Waals surface area contributed by atoms with Gasteiger partial charge in [0.1, 0.15) is 0 Å². The molecule has 0 radical (unpaired) electrons. The second kappa shape index (κ2) is 8.65. The molecule has 116 valence electrons. The van der Waals surface area contributed by atoms with Gasteiger partial charge in [0, 0.05) is 0 Å². The number of rotatable bonds is 6. The molecule has 1 heteroatoms. The Morgan fingerprint density at radius 2 is 1.52 bits per heavy atom. The van der Waals surface area contributed by atoms with Crippen molar-refractivity contribution in [1.82, 2.24) is 0 Å². The van der Waals surface area contributed by atoms with Crippen LogP contribution in [0.1, 0.15) is 12.8 Å². The Bertz CT molecular complexity index is 628. The van der Waals surface area contributed by atoms with E-state index in [0.717, 1.165) is 12.8 Å². The lowest BCUT2D eigenvalue weighted by Crippen LogP contribution is -2.13. The van der Waals surface area contributed by atoms with Gasteiger partial charge in [-0.15, -0.1) is 0 Å². The molecule has 23 heavy (non-hydrogen) atoms. The molecule has 0 nitrogen and oxygen atoms in total. The van der Waals surface area contributed by atoms with Gasteiger partial charge in [-0.05, 0) is 43.5 Å². The Hall–Kier alpha value is -1.91. The van der Waals surface area contributed by atoms with Crippen molar-refractivity contribution >= 4 is 18.5 Å². The highest BCUT2D eigenvalue weighted by Crippen LogP contribution is 2.34. The summed E-state index contributed by atoms with van der Waals surface area (Å²) in [5, 5.41) is 2.95. The molecule has 0 fully saturated rings. The van der Waals surface area contributed by atoms with E-state index in [1.165, 1.54) is 16.8 Å². The Morgan fingerprint density at radius 3 is 2.09 bits per heavy atom. The lowest BCUT2D eigenvalue weighted by atomic mass is 10.0. The van der Waals surface area contributed by atoms with Crippen LogP contribution >= 0.6 is 7.92 Å². The van der Waals surface area contributed by atoms with Crippen LogP contribution in [0.3, 0.4) is 0 Å². The average Bonchev–Trinajstić information content (AvgIpc) is 2.64. The minimum atomic E-state index is -0.263. The Labute approximate surface area is 141 Å².